The van der Waals surface area contributed by atoms with Crippen molar-refractivity contribution in [3.05, 3.63) is 52.5 Å². The van der Waals surface area contributed by atoms with Gasteiger partial charge in [0.25, 0.3) is 0 Å². The third kappa shape index (κ3) is 4.20. The molecule has 0 unspecified atom stereocenters. The highest BCUT2D eigenvalue weighted by Gasteiger charge is 2.20. The number of carbonyl (C=O) groups excluding carboxylic acids is 1. The third-order valence-corrected chi connectivity index (χ3v) is 5.46. The molecule has 0 aromatic heterocycles. The van der Waals surface area contributed by atoms with E-state index in [2.05, 4.69) is 5.32 Å². The molecule has 0 atom stereocenters. The van der Waals surface area contributed by atoms with Crippen molar-refractivity contribution in [2.75, 3.05) is 30.1 Å². The number of para-hydroxylation sites is 1. The number of sulfone groups is 1. The number of amides is 1. The molecule has 24 heavy (non-hydrogen) atoms. The van der Waals surface area contributed by atoms with Crippen molar-refractivity contribution in [3.63, 3.8) is 0 Å². The highest BCUT2D eigenvalue weighted by atomic mass is 35.5. The number of nitrogens with zero attached hydrogens (tertiary/aromatic N) is 1. The molecule has 8 heteroatoms. The zero-order valence-electron chi connectivity index (χ0n) is 13.1. The fourth-order valence-corrected chi connectivity index (χ4v) is 4.23. The monoisotopic (exact) mass is 386 g/mol. The first-order valence-corrected chi connectivity index (χ1v) is 9.60. The minimum atomic E-state index is -3.58. The first kappa shape index (κ1) is 18.6. The van der Waals surface area contributed by atoms with Crippen LogP contribution in [0.3, 0.4) is 0 Å². The van der Waals surface area contributed by atoms with Crippen LogP contribution in [0.2, 0.25) is 10.0 Å². The van der Waals surface area contributed by atoms with Gasteiger partial charge in [0.2, 0.25) is 5.91 Å². The van der Waals surface area contributed by atoms with Crippen molar-refractivity contribution in [3.8, 4) is 0 Å². The summed E-state index contributed by atoms with van der Waals surface area (Å²) in [5.41, 5.74) is 1.08. The van der Waals surface area contributed by atoms with Gasteiger partial charge in [-0.3, -0.25) is 4.79 Å². The fourth-order valence-electron chi connectivity index (χ4n) is 2.09. The van der Waals surface area contributed by atoms with Gasteiger partial charge in [0, 0.05) is 19.0 Å². The maximum absolute atomic E-state index is 12.3. The van der Waals surface area contributed by atoms with Crippen molar-refractivity contribution in [1.29, 1.82) is 0 Å². The van der Waals surface area contributed by atoms with E-state index in [1.165, 1.54) is 17.0 Å². The maximum Gasteiger partial charge on any atom is 0.246 e. The maximum atomic E-state index is 12.3. The number of nitrogens with one attached hydrogen (secondary N) is 1. The standard InChI is InChI=1S/C16H16Cl2N2O3S/c1-20(11-6-4-3-5-7-11)14(21)10-19-13-9-8-12(17)16(15(13)18)24(2,22)23/h3-9,19H,10H2,1-2H3. The Bertz CT molecular complexity index is 855. The van der Waals surface area contributed by atoms with Crippen LogP contribution >= 0.6 is 23.2 Å². The Kier molecular flexibility index (Phi) is 5.74. The Labute approximate surface area is 151 Å². The predicted molar refractivity (Wildman–Crippen MR) is 97.9 cm³/mol. The summed E-state index contributed by atoms with van der Waals surface area (Å²) in [6.45, 7) is -0.0457. The molecule has 128 valence electrons. The van der Waals surface area contributed by atoms with E-state index in [9.17, 15) is 13.2 Å². The van der Waals surface area contributed by atoms with Gasteiger partial charge in [0.1, 0.15) is 4.90 Å². The van der Waals surface area contributed by atoms with Crippen LogP contribution in [0.1, 0.15) is 0 Å². The topological polar surface area (TPSA) is 66.5 Å². The molecule has 0 fully saturated rings. The Morgan fingerprint density at radius 3 is 2.33 bits per heavy atom. The second-order valence-electron chi connectivity index (χ2n) is 5.15. The van der Waals surface area contributed by atoms with E-state index in [1.807, 2.05) is 30.3 Å². The lowest BCUT2D eigenvalue weighted by molar-refractivity contribution is -0.116. The molecule has 0 aliphatic heterocycles. The van der Waals surface area contributed by atoms with E-state index in [4.69, 9.17) is 23.2 Å². The van der Waals surface area contributed by atoms with Crippen LogP contribution in [0.25, 0.3) is 0 Å². The first-order chi connectivity index (χ1) is 11.2. The van der Waals surface area contributed by atoms with Gasteiger partial charge in [-0.1, -0.05) is 41.4 Å². The largest absolute Gasteiger partial charge is 0.375 e. The first-order valence-electron chi connectivity index (χ1n) is 6.95. The number of benzene rings is 2. The third-order valence-electron chi connectivity index (χ3n) is 3.37. The van der Waals surface area contributed by atoms with Crippen molar-refractivity contribution < 1.29 is 13.2 Å². The Balaban J connectivity index is 2.17. The van der Waals surface area contributed by atoms with Gasteiger partial charge in [-0.25, -0.2) is 8.42 Å². The molecule has 0 aliphatic carbocycles. The summed E-state index contributed by atoms with van der Waals surface area (Å²) in [4.78, 5) is 13.6. The SMILES string of the molecule is CN(C(=O)CNc1ccc(Cl)c(S(C)(=O)=O)c1Cl)c1ccccc1. The molecule has 2 aromatic rings. The Hall–Kier alpha value is -1.76. The van der Waals surface area contributed by atoms with Gasteiger partial charge < -0.3 is 10.2 Å². The van der Waals surface area contributed by atoms with Crippen LogP contribution < -0.4 is 10.2 Å². The van der Waals surface area contributed by atoms with E-state index in [1.54, 1.807) is 7.05 Å². The minimum Gasteiger partial charge on any atom is -0.375 e. The molecule has 5 nitrogen and oxygen atoms in total. The number of halogens is 2. The molecular formula is C16H16Cl2N2O3S. The summed E-state index contributed by atoms with van der Waals surface area (Å²) in [6.07, 6.45) is 1.03. The highest BCUT2D eigenvalue weighted by molar-refractivity contribution is 7.91. The minimum absolute atomic E-state index is 0.0276. The van der Waals surface area contributed by atoms with Crippen LogP contribution in [0.15, 0.2) is 47.4 Å². The molecule has 0 bridgehead atoms. The van der Waals surface area contributed by atoms with Crippen LogP contribution in [-0.4, -0.2) is 34.2 Å². The summed E-state index contributed by atoms with van der Waals surface area (Å²) in [6, 6.07) is 12.1. The lowest BCUT2D eigenvalue weighted by Gasteiger charge is -2.18. The van der Waals surface area contributed by atoms with Crippen LogP contribution in [0.5, 0.6) is 0 Å². The van der Waals surface area contributed by atoms with Gasteiger partial charge in [-0.2, -0.15) is 0 Å². The summed E-state index contributed by atoms with van der Waals surface area (Å²) < 4.78 is 23.6. The number of hydrogen-bond donors (Lipinski definition) is 1. The molecular weight excluding hydrogens is 371 g/mol. The normalized spacial score (nSPS) is 11.2. The lowest BCUT2D eigenvalue weighted by atomic mass is 10.3. The zero-order chi connectivity index (χ0) is 17.9. The molecule has 0 spiro atoms. The average molecular weight is 387 g/mol. The number of carbonyl (C=O) groups is 1. The van der Waals surface area contributed by atoms with E-state index in [0.717, 1.165) is 11.9 Å². The predicted octanol–water partition coefficient (Wildman–Crippen LogP) is 3.47. The lowest BCUT2D eigenvalue weighted by Crippen LogP contribution is -2.32. The zero-order valence-corrected chi connectivity index (χ0v) is 15.4. The van der Waals surface area contributed by atoms with Crippen LogP contribution in [0.4, 0.5) is 11.4 Å². The fraction of sp³-hybridized carbons (Fsp3) is 0.188. The molecule has 0 saturated carbocycles. The molecule has 0 radical (unpaired) electrons. The number of likely N-dealkylation sites (N-methyl/N-ethyl adjacent to an activating group) is 1. The molecule has 1 amide bonds. The number of hydrogen-bond acceptors (Lipinski definition) is 4. The molecule has 1 N–H and O–H groups in total. The van der Waals surface area contributed by atoms with E-state index < -0.39 is 9.84 Å². The quantitative estimate of drug-likeness (QED) is 0.853. The van der Waals surface area contributed by atoms with E-state index in [0.29, 0.717) is 5.69 Å². The average Bonchev–Trinajstić information content (AvgIpc) is 2.52. The molecule has 2 aromatic carbocycles. The summed E-state index contributed by atoms with van der Waals surface area (Å²) in [5, 5.41) is 2.87. The number of anilines is 2. The Morgan fingerprint density at radius 2 is 1.75 bits per heavy atom. The molecule has 0 aliphatic rings. The summed E-state index contributed by atoms with van der Waals surface area (Å²) in [5.74, 6) is -0.201. The Morgan fingerprint density at radius 1 is 1.12 bits per heavy atom. The molecule has 2 rings (SSSR count). The highest BCUT2D eigenvalue weighted by Crippen LogP contribution is 2.35. The molecule has 0 saturated heterocycles. The van der Waals surface area contributed by atoms with Crippen molar-refractivity contribution in [2.45, 2.75) is 4.90 Å². The van der Waals surface area contributed by atoms with Gasteiger partial charge in [-0.05, 0) is 24.3 Å². The second-order valence-corrected chi connectivity index (χ2v) is 7.89. The van der Waals surface area contributed by atoms with Crippen molar-refractivity contribution >= 4 is 50.3 Å². The molecule has 0 heterocycles. The van der Waals surface area contributed by atoms with E-state index in [-0.39, 0.29) is 27.4 Å². The van der Waals surface area contributed by atoms with Gasteiger partial charge in [-0.15, -0.1) is 0 Å². The van der Waals surface area contributed by atoms with Crippen molar-refractivity contribution in [1.82, 2.24) is 0 Å². The summed E-state index contributed by atoms with van der Waals surface area (Å²) in [7, 11) is -1.93. The van der Waals surface area contributed by atoms with Crippen LogP contribution in [-0.2, 0) is 14.6 Å². The van der Waals surface area contributed by atoms with Crippen molar-refractivity contribution in [2.24, 2.45) is 0 Å². The smallest absolute Gasteiger partial charge is 0.246 e. The van der Waals surface area contributed by atoms with E-state index >= 15 is 0 Å². The van der Waals surface area contributed by atoms with Gasteiger partial charge >= 0.3 is 0 Å². The summed E-state index contributed by atoms with van der Waals surface area (Å²) >= 11 is 12.0. The van der Waals surface area contributed by atoms with Gasteiger partial charge in [0.05, 0.1) is 22.3 Å². The van der Waals surface area contributed by atoms with Gasteiger partial charge in [0.15, 0.2) is 9.84 Å². The second kappa shape index (κ2) is 7.42. The van der Waals surface area contributed by atoms with Crippen LogP contribution in [0, 0.1) is 0 Å². The number of rotatable bonds is 5.